The number of nitrogens with one attached hydrogen (secondary N) is 1. The van der Waals surface area contributed by atoms with Crippen LogP contribution in [-0.2, 0) is 14.4 Å². The van der Waals surface area contributed by atoms with Crippen molar-refractivity contribution in [3.63, 3.8) is 0 Å². The molecule has 150 valence electrons. The first-order chi connectivity index (χ1) is 13.4. The van der Waals surface area contributed by atoms with Crippen LogP contribution in [0.3, 0.4) is 0 Å². The number of carbonyl (C=O) groups is 3. The third kappa shape index (κ3) is 3.85. The number of carbonyl (C=O) groups excluding carboxylic acids is 3. The van der Waals surface area contributed by atoms with Crippen molar-refractivity contribution in [1.29, 1.82) is 0 Å². The Balaban J connectivity index is 1.33. The Hall–Kier alpha value is -1.79. The molecule has 28 heavy (non-hydrogen) atoms. The van der Waals surface area contributed by atoms with E-state index in [1.54, 1.807) is 6.07 Å². The molecule has 2 heterocycles. The lowest BCUT2D eigenvalue weighted by Gasteiger charge is -2.37. The number of rotatable bonds is 5. The predicted octanol–water partition coefficient (Wildman–Crippen LogP) is 2.87. The summed E-state index contributed by atoms with van der Waals surface area (Å²) in [5, 5.41) is 3.62. The van der Waals surface area contributed by atoms with Crippen molar-refractivity contribution < 1.29 is 14.4 Å². The first-order valence-corrected chi connectivity index (χ1v) is 10.5. The first kappa shape index (κ1) is 19.5. The molecular weight excluding hydrogens is 401 g/mol. The number of hydrogen-bond donors (Lipinski definition) is 1. The molecule has 0 radical (unpaired) electrons. The van der Waals surface area contributed by atoms with Gasteiger partial charge in [-0.25, -0.2) is 0 Å². The number of anilines is 1. The average molecular weight is 424 g/mol. The summed E-state index contributed by atoms with van der Waals surface area (Å²) >= 11 is 12.2. The quantitative estimate of drug-likeness (QED) is 0.739. The van der Waals surface area contributed by atoms with Crippen LogP contribution in [0.5, 0.6) is 0 Å². The molecule has 1 aliphatic carbocycles. The van der Waals surface area contributed by atoms with Gasteiger partial charge in [0.2, 0.25) is 17.7 Å². The molecule has 6 nitrogen and oxygen atoms in total. The summed E-state index contributed by atoms with van der Waals surface area (Å²) in [4.78, 5) is 40.8. The van der Waals surface area contributed by atoms with E-state index in [1.807, 2.05) is 17.0 Å². The molecule has 1 aromatic carbocycles. The van der Waals surface area contributed by atoms with E-state index in [2.05, 4.69) is 10.2 Å². The summed E-state index contributed by atoms with van der Waals surface area (Å²) in [7, 11) is 0. The standard InChI is InChI=1S/C20H23Cl2N3O3/c21-14-9-15(22)11-16(10-14)24-5-7-25(8-6-24)18(27)3-4-20(13-1-2-13)12-17(26)23-19(20)28/h9-11,13H,1-8,12H2,(H,23,26,28)/t20-/m0/s1. The number of amides is 3. The lowest BCUT2D eigenvalue weighted by atomic mass is 9.76. The van der Waals surface area contributed by atoms with E-state index < -0.39 is 5.41 Å². The highest BCUT2D eigenvalue weighted by molar-refractivity contribution is 6.35. The van der Waals surface area contributed by atoms with Crippen LogP contribution in [0.15, 0.2) is 18.2 Å². The summed E-state index contributed by atoms with van der Waals surface area (Å²) in [5.41, 5.74) is 0.296. The lowest BCUT2D eigenvalue weighted by Crippen LogP contribution is -2.49. The topological polar surface area (TPSA) is 69.7 Å². The van der Waals surface area contributed by atoms with Gasteiger partial charge < -0.3 is 9.80 Å². The number of hydrogen-bond acceptors (Lipinski definition) is 4. The van der Waals surface area contributed by atoms with Crippen LogP contribution in [-0.4, -0.2) is 48.8 Å². The van der Waals surface area contributed by atoms with Gasteiger partial charge in [-0.05, 0) is 43.4 Å². The second kappa shape index (κ2) is 7.56. The van der Waals surface area contributed by atoms with Gasteiger partial charge in [0.05, 0.1) is 5.41 Å². The summed E-state index contributed by atoms with van der Waals surface area (Å²) in [5.74, 6) is -0.0966. The molecule has 3 amide bonds. The van der Waals surface area contributed by atoms with Gasteiger partial charge in [0.15, 0.2) is 0 Å². The van der Waals surface area contributed by atoms with Crippen molar-refractivity contribution in [2.75, 3.05) is 31.1 Å². The molecule has 2 aliphatic heterocycles. The predicted molar refractivity (Wildman–Crippen MR) is 107 cm³/mol. The van der Waals surface area contributed by atoms with E-state index in [0.29, 0.717) is 49.1 Å². The normalized spacial score (nSPS) is 25.2. The molecule has 1 N–H and O–H groups in total. The van der Waals surface area contributed by atoms with Crippen molar-refractivity contribution in [2.45, 2.75) is 32.1 Å². The summed E-state index contributed by atoms with van der Waals surface area (Å²) in [6.07, 6.45) is 2.93. The van der Waals surface area contributed by atoms with Gasteiger partial charge in [0, 0.05) is 54.8 Å². The summed E-state index contributed by atoms with van der Waals surface area (Å²) in [6, 6.07) is 5.45. The second-order valence-corrected chi connectivity index (χ2v) is 8.85. The Labute approximate surface area is 174 Å². The highest BCUT2D eigenvalue weighted by atomic mass is 35.5. The molecule has 0 bridgehead atoms. The molecule has 0 spiro atoms. The minimum atomic E-state index is -0.661. The van der Waals surface area contributed by atoms with Gasteiger partial charge in [-0.2, -0.15) is 0 Å². The Bertz CT molecular complexity index is 799. The fourth-order valence-corrected chi connectivity index (χ4v) is 4.97. The largest absolute Gasteiger partial charge is 0.368 e. The highest BCUT2D eigenvalue weighted by Gasteiger charge is 2.55. The molecule has 1 atom stereocenters. The summed E-state index contributed by atoms with van der Waals surface area (Å²) in [6.45, 7) is 2.64. The zero-order chi connectivity index (χ0) is 19.9. The van der Waals surface area contributed by atoms with E-state index in [4.69, 9.17) is 23.2 Å². The molecule has 0 unspecified atom stereocenters. The fourth-order valence-electron chi connectivity index (χ4n) is 4.46. The molecule has 3 aliphatic rings. The number of piperazine rings is 1. The Morgan fingerprint density at radius 3 is 2.25 bits per heavy atom. The summed E-state index contributed by atoms with van der Waals surface area (Å²) < 4.78 is 0. The van der Waals surface area contributed by atoms with Crippen LogP contribution in [0.4, 0.5) is 5.69 Å². The number of halogens is 2. The van der Waals surface area contributed by atoms with Crippen molar-refractivity contribution in [3.05, 3.63) is 28.2 Å². The maximum absolute atomic E-state index is 12.7. The van der Waals surface area contributed by atoms with E-state index in [1.165, 1.54) is 0 Å². The first-order valence-electron chi connectivity index (χ1n) is 9.70. The zero-order valence-electron chi connectivity index (χ0n) is 15.5. The Kier molecular flexibility index (Phi) is 5.27. The highest BCUT2D eigenvalue weighted by Crippen LogP contribution is 2.52. The van der Waals surface area contributed by atoms with E-state index in [0.717, 1.165) is 18.5 Å². The maximum Gasteiger partial charge on any atom is 0.233 e. The van der Waals surface area contributed by atoms with Crippen LogP contribution >= 0.6 is 23.2 Å². The van der Waals surface area contributed by atoms with Gasteiger partial charge in [0.1, 0.15) is 0 Å². The maximum atomic E-state index is 12.7. The molecule has 2 saturated heterocycles. The zero-order valence-corrected chi connectivity index (χ0v) is 17.1. The molecule has 3 fully saturated rings. The molecule has 4 rings (SSSR count). The van der Waals surface area contributed by atoms with Gasteiger partial charge in [0.25, 0.3) is 0 Å². The Morgan fingerprint density at radius 1 is 1.07 bits per heavy atom. The minimum Gasteiger partial charge on any atom is -0.368 e. The smallest absolute Gasteiger partial charge is 0.233 e. The van der Waals surface area contributed by atoms with Gasteiger partial charge in [-0.15, -0.1) is 0 Å². The van der Waals surface area contributed by atoms with Gasteiger partial charge >= 0.3 is 0 Å². The molecule has 0 aromatic heterocycles. The van der Waals surface area contributed by atoms with E-state index in [-0.39, 0.29) is 30.1 Å². The van der Waals surface area contributed by atoms with Gasteiger partial charge in [-0.1, -0.05) is 23.2 Å². The Morgan fingerprint density at radius 2 is 1.71 bits per heavy atom. The average Bonchev–Trinajstić information content (AvgIpc) is 3.45. The second-order valence-electron chi connectivity index (χ2n) is 7.98. The van der Waals surface area contributed by atoms with Crippen molar-refractivity contribution in [2.24, 2.45) is 11.3 Å². The molecule has 8 heteroatoms. The minimum absolute atomic E-state index is 0.0518. The molecule has 1 aromatic rings. The van der Waals surface area contributed by atoms with Gasteiger partial charge in [-0.3, -0.25) is 19.7 Å². The fraction of sp³-hybridized carbons (Fsp3) is 0.550. The van der Waals surface area contributed by atoms with Crippen LogP contribution < -0.4 is 10.2 Å². The SMILES string of the molecule is O=C1C[C@@](CCC(=O)N2CCN(c3cc(Cl)cc(Cl)c3)CC2)(C2CC2)C(=O)N1. The van der Waals surface area contributed by atoms with E-state index in [9.17, 15) is 14.4 Å². The number of benzene rings is 1. The number of nitrogens with zero attached hydrogens (tertiary/aromatic N) is 2. The lowest BCUT2D eigenvalue weighted by molar-refractivity contribution is -0.134. The molecule has 1 saturated carbocycles. The third-order valence-corrected chi connectivity index (χ3v) is 6.61. The van der Waals surface area contributed by atoms with Crippen molar-refractivity contribution in [1.82, 2.24) is 10.2 Å². The van der Waals surface area contributed by atoms with Crippen LogP contribution in [0.25, 0.3) is 0 Å². The third-order valence-electron chi connectivity index (χ3n) is 6.17. The van der Waals surface area contributed by atoms with Crippen LogP contribution in [0, 0.1) is 11.3 Å². The van der Waals surface area contributed by atoms with Crippen molar-refractivity contribution in [3.8, 4) is 0 Å². The van der Waals surface area contributed by atoms with E-state index >= 15 is 0 Å². The van der Waals surface area contributed by atoms with Crippen LogP contribution in [0.1, 0.15) is 32.1 Å². The van der Waals surface area contributed by atoms with Crippen molar-refractivity contribution >= 4 is 46.6 Å². The number of imide groups is 1. The molecular formula is C20H23Cl2N3O3. The monoisotopic (exact) mass is 423 g/mol. The van der Waals surface area contributed by atoms with Crippen LogP contribution in [0.2, 0.25) is 10.0 Å².